The van der Waals surface area contributed by atoms with Crippen LogP contribution in [-0.4, -0.2) is 55.6 Å². The number of methoxy groups -OCH3 is 3. The second kappa shape index (κ2) is 15.0. The van der Waals surface area contributed by atoms with Crippen LogP contribution in [0.5, 0.6) is 17.2 Å². The minimum Gasteiger partial charge on any atom is -0.493 e. The number of para-hydroxylation sites is 1. The Kier molecular flexibility index (Phi) is 10.7. The van der Waals surface area contributed by atoms with Gasteiger partial charge in [-0.2, -0.15) is 0 Å². The van der Waals surface area contributed by atoms with E-state index in [0.717, 1.165) is 53.3 Å². The fourth-order valence-corrected chi connectivity index (χ4v) is 6.51. The van der Waals surface area contributed by atoms with Gasteiger partial charge in [0.15, 0.2) is 11.5 Å². The third-order valence-electron chi connectivity index (χ3n) is 9.00. The van der Waals surface area contributed by atoms with E-state index in [1.54, 1.807) is 38.4 Å². The van der Waals surface area contributed by atoms with Gasteiger partial charge in [-0.05, 0) is 73.1 Å². The van der Waals surface area contributed by atoms with Crippen LogP contribution in [0.15, 0.2) is 66.9 Å². The van der Waals surface area contributed by atoms with E-state index in [4.69, 9.17) is 14.2 Å². The van der Waals surface area contributed by atoms with Crippen LogP contribution in [0, 0.1) is 6.92 Å². The molecule has 1 atom stereocenters. The second-order valence-electron chi connectivity index (χ2n) is 11.8. The number of aryl methyl sites for hydroxylation is 2. The highest BCUT2D eigenvalue weighted by atomic mass is 16.5. The average Bonchev–Trinajstić information content (AvgIpc) is 3.49. The zero-order chi connectivity index (χ0) is 31.8. The summed E-state index contributed by atoms with van der Waals surface area (Å²) in [4.78, 5) is 33.8. The molecule has 0 bridgehead atoms. The quantitative estimate of drug-likeness (QED) is 0.176. The van der Waals surface area contributed by atoms with E-state index >= 15 is 0 Å². The highest BCUT2D eigenvalue weighted by Crippen LogP contribution is 2.41. The van der Waals surface area contributed by atoms with Gasteiger partial charge in [-0.25, -0.2) is 0 Å². The van der Waals surface area contributed by atoms with Crippen molar-refractivity contribution in [2.45, 2.75) is 70.4 Å². The minimum atomic E-state index is -0.889. The van der Waals surface area contributed by atoms with Crippen molar-refractivity contribution in [1.29, 1.82) is 0 Å². The molecule has 0 saturated heterocycles. The molecule has 8 nitrogen and oxygen atoms in total. The minimum absolute atomic E-state index is 0.0790. The molecule has 238 valence electrons. The van der Waals surface area contributed by atoms with Crippen LogP contribution in [0.1, 0.15) is 66.8 Å². The number of nitrogens with zero attached hydrogens (tertiary/aromatic N) is 1. The number of carbonyl (C=O) groups is 2. The van der Waals surface area contributed by atoms with Gasteiger partial charge in [0, 0.05) is 36.1 Å². The smallest absolute Gasteiger partial charge is 0.247 e. The lowest BCUT2D eigenvalue weighted by Crippen LogP contribution is -2.47. The van der Waals surface area contributed by atoms with E-state index < -0.39 is 6.04 Å². The molecule has 1 heterocycles. The van der Waals surface area contributed by atoms with Gasteiger partial charge in [0.1, 0.15) is 6.04 Å². The van der Waals surface area contributed by atoms with Crippen molar-refractivity contribution in [3.05, 3.63) is 89.1 Å². The van der Waals surface area contributed by atoms with E-state index in [1.807, 2.05) is 36.5 Å². The third-order valence-corrected chi connectivity index (χ3v) is 9.00. The van der Waals surface area contributed by atoms with Crippen LogP contribution in [0.2, 0.25) is 0 Å². The SMILES string of the molecule is COc1cc(C(C(=O)NC2CCCCC2)N(CCc2ccccc2C)C(=O)CCc2c[nH]c3ccccc23)cc(OC)c1OC. The van der Waals surface area contributed by atoms with Crippen molar-refractivity contribution in [2.75, 3.05) is 27.9 Å². The Labute approximate surface area is 266 Å². The van der Waals surface area contributed by atoms with Gasteiger partial charge >= 0.3 is 0 Å². The highest BCUT2D eigenvalue weighted by molar-refractivity contribution is 5.90. The number of hydrogen-bond donors (Lipinski definition) is 2. The normalized spacial score (nSPS) is 14.1. The molecule has 0 radical (unpaired) electrons. The number of H-pyrrole nitrogens is 1. The maximum absolute atomic E-state index is 14.4. The van der Waals surface area contributed by atoms with Crippen LogP contribution in [-0.2, 0) is 22.4 Å². The Balaban J connectivity index is 1.53. The van der Waals surface area contributed by atoms with Gasteiger partial charge in [-0.1, -0.05) is 61.7 Å². The average molecular weight is 612 g/mol. The molecule has 4 aromatic rings. The van der Waals surface area contributed by atoms with E-state index in [0.29, 0.717) is 42.2 Å². The summed E-state index contributed by atoms with van der Waals surface area (Å²) in [7, 11) is 4.66. The van der Waals surface area contributed by atoms with Crippen molar-refractivity contribution in [1.82, 2.24) is 15.2 Å². The zero-order valence-corrected chi connectivity index (χ0v) is 26.9. The lowest BCUT2D eigenvalue weighted by molar-refractivity contribution is -0.141. The largest absolute Gasteiger partial charge is 0.493 e. The summed E-state index contributed by atoms with van der Waals surface area (Å²) in [6.07, 6.45) is 8.61. The monoisotopic (exact) mass is 611 g/mol. The van der Waals surface area contributed by atoms with Crippen molar-refractivity contribution in [3.8, 4) is 17.2 Å². The first-order valence-electron chi connectivity index (χ1n) is 15.9. The van der Waals surface area contributed by atoms with E-state index in [2.05, 4.69) is 35.4 Å². The molecule has 1 aliphatic rings. The van der Waals surface area contributed by atoms with Crippen LogP contribution >= 0.6 is 0 Å². The standard InChI is InChI=1S/C37H45N3O5/c1-25-12-8-9-13-26(25)20-21-40(34(41)19-18-27-24-38-31-17-11-10-16-30(27)31)35(37(42)39-29-14-6-5-7-15-29)28-22-32(43-2)36(45-4)33(23-28)44-3/h8-13,16-17,22-24,29,35,38H,5-7,14-15,18-21H2,1-4H3,(H,39,42). The summed E-state index contributed by atoms with van der Waals surface area (Å²) >= 11 is 0. The summed E-state index contributed by atoms with van der Waals surface area (Å²) in [5.74, 6) is 1.03. The lowest BCUT2D eigenvalue weighted by atomic mass is 9.94. The number of fused-ring (bicyclic) bond motifs is 1. The molecule has 2 amide bonds. The number of carbonyl (C=O) groups excluding carboxylic acids is 2. The van der Waals surface area contributed by atoms with Gasteiger partial charge < -0.3 is 29.4 Å². The summed E-state index contributed by atoms with van der Waals surface area (Å²) in [6, 6.07) is 19.1. The number of rotatable bonds is 13. The molecule has 3 aromatic carbocycles. The zero-order valence-electron chi connectivity index (χ0n) is 26.9. The molecule has 0 spiro atoms. The first-order chi connectivity index (χ1) is 21.9. The predicted molar refractivity (Wildman–Crippen MR) is 177 cm³/mol. The van der Waals surface area contributed by atoms with Crippen molar-refractivity contribution >= 4 is 22.7 Å². The fourth-order valence-electron chi connectivity index (χ4n) is 6.51. The Morgan fingerprint density at radius 1 is 0.889 bits per heavy atom. The Hall–Kier alpha value is -4.46. The molecule has 2 N–H and O–H groups in total. The molecule has 45 heavy (non-hydrogen) atoms. The molecule has 5 rings (SSSR count). The van der Waals surface area contributed by atoms with E-state index in [9.17, 15) is 9.59 Å². The summed E-state index contributed by atoms with van der Waals surface area (Å²) in [6.45, 7) is 2.45. The Morgan fingerprint density at radius 3 is 2.27 bits per heavy atom. The molecule has 1 unspecified atom stereocenters. The molecule has 8 heteroatoms. The molecule has 1 saturated carbocycles. The van der Waals surface area contributed by atoms with Crippen molar-refractivity contribution in [2.24, 2.45) is 0 Å². The maximum Gasteiger partial charge on any atom is 0.247 e. The first-order valence-corrected chi connectivity index (χ1v) is 15.9. The van der Waals surface area contributed by atoms with Crippen molar-refractivity contribution in [3.63, 3.8) is 0 Å². The number of benzene rings is 3. The number of hydrogen-bond acceptors (Lipinski definition) is 5. The third kappa shape index (κ3) is 7.44. The second-order valence-corrected chi connectivity index (χ2v) is 11.8. The molecule has 1 fully saturated rings. The highest BCUT2D eigenvalue weighted by Gasteiger charge is 2.34. The fraction of sp³-hybridized carbons (Fsp3) is 0.405. The van der Waals surface area contributed by atoms with Gasteiger partial charge in [-0.15, -0.1) is 0 Å². The Bertz CT molecular complexity index is 1580. The summed E-state index contributed by atoms with van der Waals surface area (Å²) < 4.78 is 16.9. The molecular weight excluding hydrogens is 566 g/mol. The van der Waals surface area contributed by atoms with Gasteiger partial charge in [-0.3, -0.25) is 9.59 Å². The lowest BCUT2D eigenvalue weighted by Gasteiger charge is -2.34. The summed E-state index contributed by atoms with van der Waals surface area (Å²) in [5.41, 5.74) is 5.03. The van der Waals surface area contributed by atoms with Gasteiger partial charge in [0.2, 0.25) is 17.6 Å². The summed E-state index contributed by atoms with van der Waals surface area (Å²) in [5, 5.41) is 4.41. The van der Waals surface area contributed by atoms with E-state index in [-0.39, 0.29) is 24.3 Å². The molecule has 1 aliphatic carbocycles. The molecule has 0 aliphatic heterocycles. The van der Waals surface area contributed by atoms with Crippen molar-refractivity contribution < 1.29 is 23.8 Å². The topological polar surface area (TPSA) is 92.9 Å². The van der Waals surface area contributed by atoms with Crippen LogP contribution in [0.4, 0.5) is 0 Å². The predicted octanol–water partition coefficient (Wildman–Crippen LogP) is 6.70. The van der Waals surface area contributed by atoms with Crippen LogP contribution in [0.25, 0.3) is 10.9 Å². The van der Waals surface area contributed by atoms with Crippen LogP contribution in [0.3, 0.4) is 0 Å². The number of aromatic nitrogens is 1. The van der Waals surface area contributed by atoms with Crippen LogP contribution < -0.4 is 19.5 Å². The number of nitrogens with one attached hydrogen (secondary N) is 2. The first kappa shape index (κ1) is 31.9. The number of aromatic amines is 1. The number of amides is 2. The number of ether oxygens (including phenoxy) is 3. The Morgan fingerprint density at radius 2 is 1.58 bits per heavy atom. The van der Waals surface area contributed by atoms with E-state index in [1.165, 1.54) is 6.42 Å². The molecular formula is C37H45N3O5. The van der Waals surface area contributed by atoms with Gasteiger partial charge in [0.25, 0.3) is 0 Å². The van der Waals surface area contributed by atoms with Gasteiger partial charge in [0.05, 0.1) is 21.3 Å². The molecule has 1 aromatic heterocycles. The maximum atomic E-state index is 14.4.